The first kappa shape index (κ1) is 13.1. The Morgan fingerprint density at radius 2 is 2.44 bits per heavy atom. The van der Waals surface area contributed by atoms with Gasteiger partial charge in [0.1, 0.15) is 0 Å². The Bertz CT molecular complexity index is 338. The molecule has 0 aliphatic heterocycles. The molecule has 16 heavy (non-hydrogen) atoms. The monoisotopic (exact) mass is 241 g/mol. The molecule has 0 aromatic carbocycles. The highest BCUT2D eigenvalue weighted by Crippen LogP contribution is 2.08. The lowest BCUT2D eigenvalue weighted by Gasteiger charge is -2.07. The van der Waals surface area contributed by atoms with Gasteiger partial charge in [-0.25, -0.2) is 4.98 Å². The molecule has 1 atom stereocenters. The molecule has 0 aliphatic rings. The predicted octanol–water partition coefficient (Wildman–Crippen LogP) is 1.44. The van der Waals surface area contributed by atoms with Crippen molar-refractivity contribution in [3.63, 3.8) is 0 Å². The van der Waals surface area contributed by atoms with E-state index >= 15 is 0 Å². The number of carbonyl (C=O) groups excluding carboxylic acids is 1. The maximum Gasteiger partial charge on any atom is 0.220 e. The van der Waals surface area contributed by atoms with E-state index in [1.807, 2.05) is 12.3 Å². The zero-order valence-electron chi connectivity index (χ0n) is 9.82. The number of hydrogen-bond donors (Lipinski definition) is 2. The summed E-state index contributed by atoms with van der Waals surface area (Å²) in [7, 11) is 0. The van der Waals surface area contributed by atoms with Crippen LogP contribution in [0.2, 0.25) is 0 Å². The fourth-order valence-electron chi connectivity index (χ4n) is 1.26. The van der Waals surface area contributed by atoms with Crippen LogP contribution in [0.5, 0.6) is 0 Å². The zero-order chi connectivity index (χ0) is 12.0. The van der Waals surface area contributed by atoms with Gasteiger partial charge in [-0.05, 0) is 25.8 Å². The fourth-order valence-corrected chi connectivity index (χ4v) is 1.87. The van der Waals surface area contributed by atoms with Crippen LogP contribution in [0.4, 0.5) is 0 Å². The van der Waals surface area contributed by atoms with Gasteiger partial charge < -0.3 is 11.1 Å². The molecule has 1 heterocycles. The molecule has 0 bridgehead atoms. The van der Waals surface area contributed by atoms with Gasteiger partial charge in [-0.15, -0.1) is 11.3 Å². The van der Waals surface area contributed by atoms with E-state index in [0.29, 0.717) is 25.4 Å². The molecule has 1 unspecified atom stereocenters. The highest BCUT2D eigenvalue weighted by atomic mass is 32.1. The summed E-state index contributed by atoms with van der Waals surface area (Å²) in [6, 6.07) is 0. The second kappa shape index (κ2) is 6.60. The average Bonchev–Trinajstić information content (AvgIpc) is 2.69. The van der Waals surface area contributed by atoms with Gasteiger partial charge in [-0.2, -0.15) is 0 Å². The van der Waals surface area contributed by atoms with E-state index in [-0.39, 0.29) is 5.91 Å². The topological polar surface area (TPSA) is 68.0 Å². The van der Waals surface area contributed by atoms with Crippen molar-refractivity contribution in [3.05, 3.63) is 16.1 Å². The minimum atomic E-state index is 0.0750. The number of nitrogens with zero attached hydrogens (tertiary/aromatic N) is 1. The van der Waals surface area contributed by atoms with Crippen molar-refractivity contribution < 1.29 is 4.79 Å². The molecule has 5 heteroatoms. The number of aryl methyl sites for hydroxylation is 1. The van der Waals surface area contributed by atoms with Crippen LogP contribution in [0.1, 0.15) is 30.5 Å². The Morgan fingerprint density at radius 1 is 1.69 bits per heavy atom. The number of nitrogens with one attached hydrogen (secondary N) is 1. The highest BCUT2D eigenvalue weighted by Gasteiger charge is 2.06. The summed E-state index contributed by atoms with van der Waals surface area (Å²) in [6.45, 7) is 5.18. The standard InChI is InChI=1S/C11H19N3OS/c1-8(5-12)3-4-11(15)13-6-10-7-16-9(2)14-10/h7-8H,3-6,12H2,1-2H3,(H,13,15). The Labute approximate surface area is 100 Å². The summed E-state index contributed by atoms with van der Waals surface area (Å²) in [6.07, 6.45) is 1.39. The Balaban J connectivity index is 2.20. The third-order valence-electron chi connectivity index (χ3n) is 2.40. The lowest BCUT2D eigenvalue weighted by Crippen LogP contribution is -2.24. The van der Waals surface area contributed by atoms with E-state index in [2.05, 4.69) is 17.2 Å². The van der Waals surface area contributed by atoms with E-state index < -0.39 is 0 Å². The number of rotatable bonds is 6. The molecule has 0 radical (unpaired) electrons. The predicted molar refractivity (Wildman–Crippen MR) is 66.2 cm³/mol. The van der Waals surface area contributed by atoms with Crippen LogP contribution in [0.25, 0.3) is 0 Å². The van der Waals surface area contributed by atoms with E-state index in [1.165, 1.54) is 0 Å². The smallest absolute Gasteiger partial charge is 0.220 e. The van der Waals surface area contributed by atoms with Crippen LogP contribution >= 0.6 is 11.3 Å². The minimum Gasteiger partial charge on any atom is -0.350 e. The molecular weight excluding hydrogens is 222 g/mol. The summed E-state index contributed by atoms with van der Waals surface area (Å²) in [5, 5.41) is 5.86. The summed E-state index contributed by atoms with van der Waals surface area (Å²) >= 11 is 1.60. The van der Waals surface area contributed by atoms with Crippen LogP contribution in [0.15, 0.2) is 5.38 Å². The molecule has 1 aromatic heterocycles. The van der Waals surface area contributed by atoms with Gasteiger partial charge in [0.15, 0.2) is 0 Å². The first-order chi connectivity index (χ1) is 7.61. The van der Waals surface area contributed by atoms with Crippen molar-refractivity contribution in [2.45, 2.75) is 33.2 Å². The van der Waals surface area contributed by atoms with Gasteiger partial charge in [0, 0.05) is 11.8 Å². The number of aromatic nitrogens is 1. The lowest BCUT2D eigenvalue weighted by atomic mass is 10.1. The quantitative estimate of drug-likeness (QED) is 0.792. The van der Waals surface area contributed by atoms with Crippen LogP contribution in [-0.4, -0.2) is 17.4 Å². The SMILES string of the molecule is Cc1nc(CNC(=O)CCC(C)CN)cs1. The molecule has 0 saturated carbocycles. The van der Waals surface area contributed by atoms with E-state index in [0.717, 1.165) is 17.1 Å². The average molecular weight is 241 g/mol. The lowest BCUT2D eigenvalue weighted by molar-refractivity contribution is -0.121. The fraction of sp³-hybridized carbons (Fsp3) is 0.636. The molecular formula is C11H19N3OS. The van der Waals surface area contributed by atoms with E-state index in [4.69, 9.17) is 5.73 Å². The van der Waals surface area contributed by atoms with Crippen molar-refractivity contribution in [1.29, 1.82) is 0 Å². The summed E-state index contributed by atoms with van der Waals surface area (Å²) in [5.41, 5.74) is 6.42. The van der Waals surface area contributed by atoms with Gasteiger partial charge in [-0.3, -0.25) is 4.79 Å². The molecule has 90 valence electrons. The maximum atomic E-state index is 11.5. The molecule has 0 fully saturated rings. The molecule has 0 aliphatic carbocycles. The zero-order valence-corrected chi connectivity index (χ0v) is 10.6. The third kappa shape index (κ3) is 4.72. The second-order valence-corrected chi connectivity index (χ2v) is 5.08. The van der Waals surface area contributed by atoms with E-state index in [1.54, 1.807) is 11.3 Å². The largest absolute Gasteiger partial charge is 0.350 e. The Hall–Kier alpha value is -0.940. The van der Waals surface area contributed by atoms with Gasteiger partial charge in [0.2, 0.25) is 5.91 Å². The maximum absolute atomic E-state index is 11.5. The molecule has 1 rings (SSSR count). The first-order valence-corrected chi connectivity index (χ1v) is 6.37. The summed E-state index contributed by atoms with van der Waals surface area (Å²) < 4.78 is 0. The van der Waals surface area contributed by atoms with Gasteiger partial charge >= 0.3 is 0 Å². The number of thiazole rings is 1. The number of nitrogens with two attached hydrogens (primary N) is 1. The highest BCUT2D eigenvalue weighted by molar-refractivity contribution is 7.09. The molecule has 1 aromatic rings. The van der Waals surface area contributed by atoms with Gasteiger partial charge in [0.25, 0.3) is 0 Å². The van der Waals surface area contributed by atoms with Crippen molar-refractivity contribution in [2.75, 3.05) is 6.54 Å². The van der Waals surface area contributed by atoms with E-state index in [9.17, 15) is 4.79 Å². The van der Waals surface area contributed by atoms with Gasteiger partial charge in [0.05, 0.1) is 17.2 Å². The Morgan fingerprint density at radius 3 is 3.00 bits per heavy atom. The molecule has 1 amide bonds. The number of amides is 1. The van der Waals surface area contributed by atoms with Gasteiger partial charge in [-0.1, -0.05) is 6.92 Å². The van der Waals surface area contributed by atoms with Crippen molar-refractivity contribution in [1.82, 2.24) is 10.3 Å². The molecule has 3 N–H and O–H groups in total. The van der Waals surface area contributed by atoms with Crippen LogP contribution in [0.3, 0.4) is 0 Å². The summed E-state index contributed by atoms with van der Waals surface area (Å²) in [4.78, 5) is 15.7. The van der Waals surface area contributed by atoms with Crippen molar-refractivity contribution in [3.8, 4) is 0 Å². The minimum absolute atomic E-state index is 0.0750. The third-order valence-corrected chi connectivity index (χ3v) is 3.22. The first-order valence-electron chi connectivity index (χ1n) is 5.49. The van der Waals surface area contributed by atoms with Crippen LogP contribution < -0.4 is 11.1 Å². The van der Waals surface area contributed by atoms with Crippen LogP contribution in [-0.2, 0) is 11.3 Å². The molecule has 4 nitrogen and oxygen atoms in total. The number of hydrogen-bond acceptors (Lipinski definition) is 4. The number of carbonyl (C=O) groups is 1. The molecule has 0 saturated heterocycles. The van der Waals surface area contributed by atoms with Crippen molar-refractivity contribution in [2.24, 2.45) is 11.7 Å². The normalized spacial score (nSPS) is 12.4. The summed E-state index contributed by atoms with van der Waals surface area (Å²) in [5.74, 6) is 0.484. The molecule has 0 spiro atoms. The van der Waals surface area contributed by atoms with Crippen LogP contribution in [0, 0.1) is 12.8 Å². The van der Waals surface area contributed by atoms with Crippen molar-refractivity contribution >= 4 is 17.2 Å². The Kier molecular flexibility index (Phi) is 5.42. The second-order valence-electron chi connectivity index (χ2n) is 4.01.